The molecule has 1 heterocycles. The van der Waals surface area contributed by atoms with E-state index < -0.39 is 16.6 Å². The third-order valence-corrected chi connectivity index (χ3v) is 15.5. The molecule has 0 aromatic heterocycles. The summed E-state index contributed by atoms with van der Waals surface area (Å²) in [6.07, 6.45) is 10.4. The van der Waals surface area contributed by atoms with Gasteiger partial charge in [0, 0.05) is 18.6 Å². The van der Waals surface area contributed by atoms with Gasteiger partial charge in [0.15, 0.2) is 16.6 Å². The molecule has 3 rings (SSSR count). The first-order valence-corrected chi connectivity index (χ1v) is 20.4. The van der Waals surface area contributed by atoms with Crippen molar-refractivity contribution >= 4 is 16.6 Å². The molecule has 200 valence electrons. The van der Waals surface area contributed by atoms with Crippen LogP contribution in [0.1, 0.15) is 86.0 Å². The van der Waals surface area contributed by atoms with Gasteiger partial charge >= 0.3 is 0 Å². The minimum absolute atomic E-state index is 0.112. The predicted molar refractivity (Wildman–Crippen MR) is 147 cm³/mol. The molecule has 34 heavy (non-hydrogen) atoms. The summed E-state index contributed by atoms with van der Waals surface area (Å²) in [5, 5.41) is 10.1. The van der Waals surface area contributed by atoms with E-state index in [1.807, 2.05) is 0 Å². The Kier molecular flexibility index (Phi) is 8.66. The first-order chi connectivity index (χ1) is 15.5. The molecule has 3 fully saturated rings. The second-order valence-electron chi connectivity index (χ2n) is 14.8. The Labute approximate surface area is 213 Å². The Morgan fingerprint density at radius 2 is 1.71 bits per heavy atom. The van der Waals surface area contributed by atoms with Gasteiger partial charge in [-0.3, -0.25) is 0 Å². The predicted octanol–water partition coefficient (Wildman–Crippen LogP) is 7.38. The lowest BCUT2D eigenvalue weighted by atomic mass is 9.61. The molecule has 1 saturated heterocycles. The van der Waals surface area contributed by atoms with E-state index in [4.69, 9.17) is 13.6 Å². The molecular formula is C28H56O4Si2. The van der Waals surface area contributed by atoms with Gasteiger partial charge in [-0.1, -0.05) is 41.0 Å². The van der Waals surface area contributed by atoms with Crippen molar-refractivity contribution in [3.63, 3.8) is 0 Å². The van der Waals surface area contributed by atoms with Crippen LogP contribution in [0.25, 0.3) is 0 Å². The van der Waals surface area contributed by atoms with Crippen LogP contribution in [-0.2, 0) is 13.6 Å². The second-order valence-corrected chi connectivity index (χ2v) is 24.1. The fourth-order valence-electron chi connectivity index (χ4n) is 6.93. The Hall–Kier alpha value is 0.274. The highest BCUT2D eigenvalue weighted by Crippen LogP contribution is 2.59. The maximum atomic E-state index is 9.90. The van der Waals surface area contributed by atoms with Crippen LogP contribution in [0.2, 0.25) is 37.8 Å². The van der Waals surface area contributed by atoms with Crippen molar-refractivity contribution in [1.82, 2.24) is 0 Å². The van der Waals surface area contributed by atoms with E-state index in [9.17, 15) is 5.11 Å². The van der Waals surface area contributed by atoms with Crippen LogP contribution in [0, 0.1) is 23.2 Å². The molecule has 0 bridgehead atoms. The van der Waals surface area contributed by atoms with Crippen LogP contribution in [0.3, 0.4) is 0 Å². The zero-order chi connectivity index (χ0) is 25.6. The van der Waals surface area contributed by atoms with Gasteiger partial charge in [0.1, 0.15) is 5.60 Å². The lowest BCUT2D eigenvalue weighted by Crippen LogP contribution is -2.46. The highest BCUT2D eigenvalue weighted by Gasteiger charge is 2.54. The summed E-state index contributed by atoms with van der Waals surface area (Å²) in [6.45, 7) is 24.6. The van der Waals surface area contributed by atoms with Gasteiger partial charge in [-0.25, -0.2) is 0 Å². The lowest BCUT2D eigenvalue weighted by Gasteiger charge is -2.48. The molecule has 1 N–H and O–H groups in total. The largest absolute Gasteiger partial charge is 0.414 e. The molecule has 0 aromatic rings. The van der Waals surface area contributed by atoms with E-state index >= 15 is 0 Å². The van der Waals surface area contributed by atoms with Crippen LogP contribution in [0.4, 0.5) is 0 Å². The zero-order valence-electron chi connectivity index (χ0n) is 24.1. The number of fused-ring (bicyclic) bond motifs is 1. The molecule has 4 nitrogen and oxygen atoms in total. The molecule has 7 atom stereocenters. The number of hydrogen-bond acceptors (Lipinski definition) is 4. The summed E-state index contributed by atoms with van der Waals surface area (Å²) >= 11 is 0. The number of ether oxygens (including phenoxy) is 1. The summed E-state index contributed by atoms with van der Waals surface area (Å²) in [5.74, 6) is 2.21. The number of hydrogen-bond donors (Lipinski definition) is 1. The summed E-state index contributed by atoms with van der Waals surface area (Å²) in [6, 6.07) is 0. The van der Waals surface area contributed by atoms with E-state index in [-0.39, 0.29) is 23.4 Å². The van der Waals surface area contributed by atoms with Crippen molar-refractivity contribution in [3.05, 3.63) is 0 Å². The van der Waals surface area contributed by atoms with Crippen LogP contribution in [0.15, 0.2) is 0 Å². The van der Waals surface area contributed by atoms with Crippen molar-refractivity contribution in [2.75, 3.05) is 13.2 Å². The molecule has 0 amide bonds. The molecule has 3 aliphatic rings. The van der Waals surface area contributed by atoms with Crippen LogP contribution in [-0.4, -0.2) is 52.8 Å². The maximum Gasteiger partial charge on any atom is 0.192 e. The zero-order valence-corrected chi connectivity index (χ0v) is 26.1. The van der Waals surface area contributed by atoms with Crippen molar-refractivity contribution in [1.29, 1.82) is 0 Å². The minimum atomic E-state index is -1.88. The molecule has 0 spiro atoms. The quantitative estimate of drug-likeness (QED) is 0.232. The number of rotatable bonds is 11. The normalized spacial score (nSPS) is 36.3. The molecular weight excluding hydrogens is 456 g/mol. The van der Waals surface area contributed by atoms with Gasteiger partial charge in [-0.2, -0.15) is 0 Å². The molecule has 3 unspecified atom stereocenters. The topological polar surface area (TPSA) is 51.2 Å². The average molecular weight is 513 g/mol. The second kappa shape index (κ2) is 10.2. The van der Waals surface area contributed by atoms with Crippen LogP contribution >= 0.6 is 0 Å². The van der Waals surface area contributed by atoms with Gasteiger partial charge in [0.2, 0.25) is 0 Å². The van der Waals surface area contributed by atoms with E-state index in [2.05, 4.69) is 67.4 Å². The van der Waals surface area contributed by atoms with E-state index in [0.717, 1.165) is 24.7 Å². The fourth-order valence-corrected chi connectivity index (χ4v) is 9.51. The van der Waals surface area contributed by atoms with E-state index in [0.29, 0.717) is 24.0 Å². The number of aliphatic hydroxyl groups is 1. The third kappa shape index (κ3) is 6.58. The maximum absolute atomic E-state index is 9.90. The molecule has 1 aliphatic heterocycles. The summed E-state index contributed by atoms with van der Waals surface area (Å²) in [5.41, 5.74) is 0.0785. The summed E-state index contributed by atoms with van der Waals surface area (Å²) in [4.78, 5) is 0. The van der Waals surface area contributed by atoms with E-state index in [1.54, 1.807) is 0 Å². The lowest BCUT2D eigenvalue weighted by molar-refractivity contribution is -0.0200. The first-order valence-electron chi connectivity index (χ1n) is 14.1. The van der Waals surface area contributed by atoms with Gasteiger partial charge in [-0.05, 0) is 99.5 Å². The highest BCUT2D eigenvalue weighted by atomic mass is 28.4. The Bertz CT molecular complexity index is 679. The SMILES string of the molecule is C[C@H](CCC(C[C@@]1(CO)CO1)O[Si](C)(C)C(C)(C)C)[C@H]1CCC2C(O[Si](C)(C)C)CCC[C@@]21C. The van der Waals surface area contributed by atoms with Gasteiger partial charge in [0.25, 0.3) is 0 Å². The average Bonchev–Trinajstić information content (AvgIpc) is 3.36. The number of epoxide rings is 1. The van der Waals surface area contributed by atoms with Crippen molar-refractivity contribution in [3.8, 4) is 0 Å². The minimum Gasteiger partial charge on any atom is -0.414 e. The van der Waals surface area contributed by atoms with Crippen molar-refractivity contribution in [2.24, 2.45) is 23.2 Å². The van der Waals surface area contributed by atoms with Gasteiger partial charge < -0.3 is 18.7 Å². The first kappa shape index (κ1) is 28.8. The fraction of sp³-hybridized carbons (Fsp3) is 1.00. The molecule has 6 heteroatoms. The van der Waals surface area contributed by atoms with Gasteiger partial charge in [-0.15, -0.1) is 0 Å². The van der Waals surface area contributed by atoms with E-state index in [1.165, 1.54) is 38.5 Å². The Morgan fingerprint density at radius 3 is 2.24 bits per heavy atom. The van der Waals surface area contributed by atoms with Crippen LogP contribution < -0.4 is 0 Å². The summed E-state index contributed by atoms with van der Waals surface area (Å²) in [7, 11) is -3.40. The van der Waals surface area contributed by atoms with Crippen LogP contribution in [0.5, 0.6) is 0 Å². The smallest absolute Gasteiger partial charge is 0.192 e. The monoisotopic (exact) mass is 512 g/mol. The molecule has 2 saturated carbocycles. The third-order valence-electron chi connectivity index (χ3n) is 9.98. The molecule has 2 aliphatic carbocycles. The van der Waals surface area contributed by atoms with Gasteiger partial charge in [0.05, 0.1) is 13.2 Å². The van der Waals surface area contributed by atoms with Crippen molar-refractivity contribution in [2.45, 2.75) is 142 Å². The molecule has 0 aromatic carbocycles. The Balaban J connectivity index is 1.66. The molecule has 0 radical (unpaired) electrons. The highest BCUT2D eigenvalue weighted by molar-refractivity contribution is 6.74. The summed E-state index contributed by atoms with van der Waals surface area (Å²) < 4.78 is 19.4. The van der Waals surface area contributed by atoms with Crippen molar-refractivity contribution < 1.29 is 18.7 Å². The Morgan fingerprint density at radius 1 is 1.06 bits per heavy atom. The number of aliphatic hydroxyl groups excluding tert-OH is 1. The standard InChI is InChI=1S/C28H56O4Si2/c1-21(23-15-16-24-25(32-33(6,7)8)12-11-17-27(23,24)5)13-14-22(18-28(19-29)20-30-28)31-34(9,10)26(2,3)4/h21-25,29H,11-20H2,1-10H3/t21-,22?,23-,24?,25?,27-,28-/m1/s1.